The van der Waals surface area contributed by atoms with Gasteiger partial charge in [0, 0.05) is 19.1 Å². The van der Waals surface area contributed by atoms with Crippen molar-refractivity contribution < 1.29 is 21.6 Å². The molecule has 0 spiro atoms. The predicted molar refractivity (Wildman–Crippen MR) is 76.8 cm³/mol. The number of hydrogen-bond donors (Lipinski definition) is 1. The lowest BCUT2D eigenvalue weighted by atomic mass is 10.1. The summed E-state index contributed by atoms with van der Waals surface area (Å²) in [5.74, 6) is 0. The van der Waals surface area contributed by atoms with Crippen LogP contribution < -0.4 is 5.73 Å². The first-order valence-corrected chi connectivity index (χ1v) is 8.55. The molecule has 8 heteroatoms. The van der Waals surface area contributed by atoms with E-state index in [1.807, 2.05) is 0 Å². The van der Waals surface area contributed by atoms with Crippen molar-refractivity contribution in [2.45, 2.75) is 42.8 Å². The second kappa shape index (κ2) is 6.55. The quantitative estimate of drug-likeness (QED) is 0.918. The van der Waals surface area contributed by atoms with E-state index in [2.05, 4.69) is 0 Å². The zero-order chi connectivity index (χ0) is 16.4. The van der Waals surface area contributed by atoms with Gasteiger partial charge >= 0.3 is 6.18 Å². The van der Waals surface area contributed by atoms with Gasteiger partial charge in [0.2, 0.25) is 10.0 Å². The van der Waals surface area contributed by atoms with E-state index >= 15 is 0 Å². The molecule has 0 aromatic heterocycles. The number of piperidine rings is 1. The smallest absolute Gasteiger partial charge is 0.329 e. The monoisotopic (exact) mass is 336 g/mol. The third kappa shape index (κ3) is 3.99. The molecular weight excluding hydrogens is 317 g/mol. The van der Waals surface area contributed by atoms with Gasteiger partial charge in [-0.15, -0.1) is 0 Å². The van der Waals surface area contributed by atoms with Crippen LogP contribution in [0.3, 0.4) is 0 Å². The molecular formula is C14H19F3N2O2S. The van der Waals surface area contributed by atoms with Crippen molar-refractivity contribution in [1.82, 2.24) is 4.31 Å². The Kier molecular flexibility index (Phi) is 5.14. The molecule has 22 heavy (non-hydrogen) atoms. The van der Waals surface area contributed by atoms with E-state index in [-0.39, 0.29) is 23.0 Å². The molecule has 1 unspecified atom stereocenters. The van der Waals surface area contributed by atoms with Gasteiger partial charge in [0.05, 0.1) is 11.3 Å². The summed E-state index contributed by atoms with van der Waals surface area (Å²) >= 11 is 0. The number of halogens is 3. The number of nitrogens with two attached hydrogens (primary N) is 1. The number of sulfonamides is 1. The van der Waals surface area contributed by atoms with Crippen molar-refractivity contribution in [3.63, 3.8) is 0 Å². The number of nitrogens with zero attached hydrogens (tertiary/aromatic N) is 1. The second-order valence-corrected chi connectivity index (χ2v) is 7.33. The molecule has 2 N–H and O–H groups in total. The lowest BCUT2D eigenvalue weighted by Crippen LogP contribution is -2.47. The van der Waals surface area contributed by atoms with Crippen molar-refractivity contribution in [3.05, 3.63) is 29.8 Å². The van der Waals surface area contributed by atoms with Gasteiger partial charge in [0.15, 0.2) is 0 Å². The molecule has 1 aliphatic rings. The molecule has 1 heterocycles. The molecule has 1 aromatic rings. The van der Waals surface area contributed by atoms with E-state index in [1.54, 1.807) is 0 Å². The average molecular weight is 336 g/mol. The van der Waals surface area contributed by atoms with E-state index in [4.69, 9.17) is 5.73 Å². The maximum atomic E-state index is 12.6. The fraction of sp³-hybridized carbons (Fsp3) is 0.571. The standard InChI is InChI=1S/C14H19F3N2O2S/c15-14(16,17)9-11-4-6-13(7-5-11)22(20,21)19-8-2-1-3-12(19)10-18/h4-7,12H,1-3,8-10,18H2. The molecule has 1 aliphatic heterocycles. The van der Waals surface area contributed by atoms with Crippen molar-refractivity contribution in [2.24, 2.45) is 5.73 Å². The highest BCUT2D eigenvalue weighted by molar-refractivity contribution is 7.89. The van der Waals surface area contributed by atoms with Crippen LogP contribution in [0, 0.1) is 0 Å². The summed E-state index contributed by atoms with van der Waals surface area (Å²) in [5, 5.41) is 0. The summed E-state index contributed by atoms with van der Waals surface area (Å²) in [5.41, 5.74) is 5.67. The van der Waals surface area contributed by atoms with E-state index in [9.17, 15) is 21.6 Å². The number of alkyl halides is 3. The lowest BCUT2D eigenvalue weighted by molar-refractivity contribution is -0.127. The van der Waals surface area contributed by atoms with Crippen LogP contribution in [-0.4, -0.2) is 38.0 Å². The molecule has 1 saturated heterocycles. The summed E-state index contributed by atoms with van der Waals surface area (Å²) < 4.78 is 63.5. The Morgan fingerprint density at radius 1 is 1.18 bits per heavy atom. The largest absolute Gasteiger partial charge is 0.393 e. The molecule has 1 fully saturated rings. The van der Waals surface area contributed by atoms with Crippen LogP contribution in [0.1, 0.15) is 24.8 Å². The average Bonchev–Trinajstić information content (AvgIpc) is 2.46. The highest BCUT2D eigenvalue weighted by Crippen LogP contribution is 2.26. The zero-order valence-corrected chi connectivity index (χ0v) is 12.8. The first-order chi connectivity index (χ1) is 10.2. The molecule has 0 aliphatic carbocycles. The Bertz CT molecular complexity index is 600. The summed E-state index contributed by atoms with van der Waals surface area (Å²) in [6.07, 6.45) is -2.97. The van der Waals surface area contributed by atoms with E-state index in [1.165, 1.54) is 28.6 Å². The summed E-state index contributed by atoms with van der Waals surface area (Å²) in [6, 6.07) is 4.65. The van der Waals surface area contributed by atoms with Gasteiger partial charge in [-0.05, 0) is 30.5 Å². The second-order valence-electron chi connectivity index (χ2n) is 5.44. The maximum Gasteiger partial charge on any atom is 0.393 e. The number of rotatable bonds is 4. The Labute approximate surface area is 128 Å². The minimum atomic E-state index is -4.31. The van der Waals surface area contributed by atoms with Crippen LogP contribution in [0.5, 0.6) is 0 Å². The number of benzene rings is 1. The first kappa shape index (κ1) is 17.2. The number of hydrogen-bond acceptors (Lipinski definition) is 3. The van der Waals surface area contributed by atoms with Crippen molar-refractivity contribution >= 4 is 10.0 Å². The van der Waals surface area contributed by atoms with E-state index in [0.717, 1.165) is 12.8 Å². The lowest BCUT2D eigenvalue weighted by Gasteiger charge is -2.33. The highest BCUT2D eigenvalue weighted by atomic mass is 32.2. The third-order valence-electron chi connectivity index (χ3n) is 3.78. The van der Waals surface area contributed by atoms with Crippen LogP contribution in [0.2, 0.25) is 0 Å². The van der Waals surface area contributed by atoms with Crippen molar-refractivity contribution in [2.75, 3.05) is 13.1 Å². The fourth-order valence-electron chi connectivity index (χ4n) is 2.67. The third-order valence-corrected chi connectivity index (χ3v) is 5.75. The maximum absolute atomic E-state index is 12.6. The fourth-order valence-corrected chi connectivity index (χ4v) is 4.38. The van der Waals surface area contributed by atoms with Gasteiger partial charge in [-0.3, -0.25) is 0 Å². The van der Waals surface area contributed by atoms with Crippen LogP contribution >= 0.6 is 0 Å². The van der Waals surface area contributed by atoms with Gasteiger partial charge in [-0.2, -0.15) is 17.5 Å². The van der Waals surface area contributed by atoms with Gasteiger partial charge < -0.3 is 5.73 Å². The van der Waals surface area contributed by atoms with Crippen LogP contribution in [0.25, 0.3) is 0 Å². The molecule has 2 rings (SSSR count). The van der Waals surface area contributed by atoms with Crippen molar-refractivity contribution in [3.8, 4) is 0 Å². The van der Waals surface area contributed by atoms with Crippen LogP contribution in [0.15, 0.2) is 29.2 Å². The van der Waals surface area contributed by atoms with E-state index in [0.29, 0.717) is 13.0 Å². The molecule has 1 atom stereocenters. The van der Waals surface area contributed by atoms with Crippen LogP contribution in [-0.2, 0) is 16.4 Å². The molecule has 0 radical (unpaired) electrons. The van der Waals surface area contributed by atoms with Gasteiger partial charge in [0.25, 0.3) is 0 Å². The minimum absolute atomic E-state index is 0.0128. The topological polar surface area (TPSA) is 63.4 Å². The van der Waals surface area contributed by atoms with Crippen molar-refractivity contribution in [1.29, 1.82) is 0 Å². The molecule has 124 valence electrons. The minimum Gasteiger partial charge on any atom is -0.329 e. The molecule has 1 aromatic carbocycles. The Morgan fingerprint density at radius 2 is 1.82 bits per heavy atom. The molecule has 0 bridgehead atoms. The molecule has 4 nitrogen and oxygen atoms in total. The molecule has 0 amide bonds. The SMILES string of the molecule is NCC1CCCCN1S(=O)(=O)c1ccc(CC(F)(F)F)cc1. The predicted octanol–water partition coefficient (Wildman–Crippen LogP) is 2.29. The molecule has 0 saturated carbocycles. The highest BCUT2D eigenvalue weighted by Gasteiger charge is 2.33. The summed E-state index contributed by atoms with van der Waals surface area (Å²) in [7, 11) is -3.71. The van der Waals surface area contributed by atoms with Gasteiger partial charge in [-0.25, -0.2) is 8.42 Å². The Hall–Kier alpha value is -1.12. The summed E-state index contributed by atoms with van der Waals surface area (Å²) in [6.45, 7) is 0.639. The van der Waals surface area contributed by atoms with Gasteiger partial charge in [-0.1, -0.05) is 18.6 Å². The van der Waals surface area contributed by atoms with E-state index < -0.39 is 22.6 Å². The summed E-state index contributed by atoms with van der Waals surface area (Å²) in [4.78, 5) is 0.0128. The first-order valence-electron chi connectivity index (χ1n) is 7.11. The Morgan fingerprint density at radius 3 is 2.36 bits per heavy atom. The van der Waals surface area contributed by atoms with Gasteiger partial charge in [0.1, 0.15) is 0 Å². The normalized spacial score (nSPS) is 21.0. The zero-order valence-electron chi connectivity index (χ0n) is 12.0. The Balaban J connectivity index is 2.22. The van der Waals surface area contributed by atoms with Crippen LogP contribution in [0.4, 0.5) is 13.2 Å².